The summed E-state index contributed by atoms with van der Waals surface area (Å²) in [6.07, 6.45) is 7.50. The highest BCUT2D eigenvalue weighted by atomic mass is 16.5. The van der Waals surface area contributed by atoms with Gasteiger partial charge in [0.15, 0.2) is 0 Å². The van der Waals surface area contributed by atoms with E-state index in [1.54, 1.807) is 6.33 Å². The summed E-state index contributed by atoms with van der Waals surface area (Å²) < 4.78 is 5.79. The highest BCUT2D eigenvalue weighted by molar-refractivity contribution is 5.79. The molecule has 0 spiro atoms. The number of nitrogens with zero attached hydrogens (tertiary/aromatic N) is 3. The molecule has 1 aromatic carbocycles. The van der Waals surface area contributed by atoms with Gasteiger partial charge in [-0.2, -0.15) is 0 Å². The first kappa shape index (κ1) is 16.0. The fourth-order valence-corrected chi connectivity index (χ4v) is 3.60. The maximum Gasteiger partial charge on any atom is 0.226 e. The number of imidazole rings is 1. The normalized spacial score (nSPS) is 17.1. The van der Waals surface area contributed by atoms with Gasteiger partial charge >= 0.3 is 0 Å². The molecule has 0 atom stereocenters. The van der Waals surface area contributed by atoms with Crippen LogP contribution < -0.4 is 9.64 Å². The Kier molecular flexibility index (Phi) is 4.59. The number of ether oxygens (including phenoxy) is 1. The quantitative estimate of drug-likeness (QED) is 0.928. The molecule has 2 aromatic rings. The largest absolute Gasteiger partial charge is 0.490 e. The zero-order valence-electron chi connectivity index (χ0n) is 14.4. The summed E-state index contributed by atoms with van der Waals surface area (Å²) in [6, 6.07) is 6.11. The van der Waals surface area contributed by atoms with Crippen molar-refractivity contribution in [2.75, 3.05) is 31.1 Å². The zero-order valence-corrected chi connectivity index (χ0v) is 14.4. The lowest BCUT2D eigenvalue weighted by atomic mass is 10.1. The van der Waals surface area contributed by atoms with E-state index in [9.17, 15) is 4.79 Å². The highest BCUT2D eigenvalue weighted by Crippen LogP contribution is 2.33. The molecule has 0 bridgehead atoms. The van der Waals surface area contributed by atoms with E-state index in [1.165, 1.54) is 6.42 Å². The molecule has 2 aliphatic rings. The number of rotatable bonds is 4. The van der Waals surface area contributed by atoms with Gasteiger partial charge in [0.05, 0.1) is 37.2 Å². The van der Waals surface area contributed by atoms with Crippen molar-refractivity contribution in [1.29, 1.82) is 0 Å². The number of carbonyl (C=O) groups is 1. The number of fused-ring (bicyclic) bond motifs is 1. The molecule has 1 fully saturated rings. The lowest BCUT2D eigenvalue weighted by Gasteiger charge is -2.31. The van der Waals surface area contributed by atoms with Gasteiger partial charge in [-0.3, -0.25) is 4.79 Å². The van der Waals surface area contributed by atoms with Crippen molar-refractivity contribution in [2.24, 2.45) is 0 Å². The van der Waals surface area contributed by atoms with Gasteiger partial charge in [-0.25, -0.2) is 4.98 Å². The molecule has 1 amide bonds. The number of hydrogen-bond acceptors (Lipinski definition) is 4. The summed E-state index contributed by atoms with van der Waals surface area (Å²) in [5, 5.41) is 0. The van der Waals surface area contributed by atoms with Crippen molar-refractivity contribution >= 4 is 11.6 Å². The summed E-state index contributed by atoms with van der Waals surface area (Å²) in [6.45, 7) is 4.07. The van der Waals surface area contributed by atoms with Crippen molar-refractivity contribution in [3.05, 3.63) is 42.0 Å². The molecule has 6 heteroatoms. The lowest BCUT2D eigenvalue weighted by Crippen LogP contribution is -2.36. The standard InChI is InChI=1S/C19H24N4O2/c24-19(22-6-2-1-3-7-22)11-15-4-5-18-17(10-15)23(8-9-25-18)13-16-12-20-14-21-16/h4-5,10,12,14H,1-3,6-9,11,13H2,(H,20,21). The fraction of sp³-hybridized carbons (Fsp3) is 0.474. The molecule has 2 aliphatic heterocycles. The van der Waals surface area contributed by atoms with E-state index in [-0.39, 0.29) is 5.91 Å². The SMILES string of the molecule is O=C(Cc1ccc2c(c1)N(Cc1cnc[nH]1)CCO2)N1CCCCC1. The van der Waals surface area contributed by atoms with E-state index in [4.69, 9.17) is 4.74 Å². The second-order valence-corrected chi connectivity index (χ2v) is 6.77. The number of aromatic nitrogens is 2. The predicted octanol–water partition coefficient (Wildman–Crippen LogP) is 2.36. The molecule has 0 radical (unpaired) electrons. The van der Waals surface area contributed by atoms with E-state index in [2.05, 4.69) is 20.9 Å². The third-order valence-corrected chi connectivity index (χ3v) is 4.96. The number of benzene rings is 1. The molecule has 3 heterocycles. The second kappa shape index (κ2) is 7.17. The first-order valence-corrected chi connectivity index (χ1v) is 9.05. The average molecular weight is 340 g/mol. The first-order valence-electron chi connectivity index (χ1n) is 9.05. The van der Waals surface area contributed by atoms with Crippen molar-refractivity contribution in [3.63, 3.8) is 0 Å². The van der Waals surface area contributed by atoms with Crippen LogP contribution in [0.15, 0.2) is 30.7 Å². The van der Waals surface area contributed by atoms with Crippen LogP contribution >= 0.6 is 0 Å². The Morgan fingerprint density at radius 1 is 1.20 bits per heavy atom. The fourth-order valence-electron chi connectivity index (χ4n) is 3.60. The Hall–Kier alpha value is -2.50. The molecule has 25 heavy (non-hydrogen) atoms. The minimum Gasteiger partial charge on any atom is -0.490 e. The topological polar surface area (TPSA) is 61.5 Å². The van der Waals surface area contributed by atoms with Crippen LogP contribution in [0, 0.1) is 0 Å². The summed E-state index contributed by atoms with van der Waals surface area (Å²) in [5.74, 6) is 1.12. The van der Waals surface area contributed by atoms with Crippen LogP contribution in [0.5, 0.6) is 5.75 Å². The van der Waals surface area contributed by atoms with Crippen LogP contribution in [0.25, 0.3) is 0 Å². The minimum absolute atomic E-state index is 0.233. The van der Waals surface area contributed by atoms with Gasteiger partial charge in [0.25, 0.3) is 0 Å². The third-order valence-electron chi connectivity index (χ3n) is 4.96. The lowest BCUT2D eigenvalue weighted by molar-refractivity contribution is -0.131. The Balaban J connectivity index is 1.50. The number of nitrogens with one attached hydrogen (secondary N) is 1. The number of piperidine rings is 1. The van der Waals surface area contributed by atoms with Gasteiger partial charge < -0.3 is 19.5 Å². The molecule has 0 unspecified atom stereocenters. The molecule has 132 valence electrons. The van der Waals surface area contributed by atoms with Crippen LogP contribution in [-0.2, 0) is 17.8 Å². The molecular weight excluding hydrogens is 316 g/mol. The molecule has 6 nitrogen and oxygen atoms in total. The molecule has 0 saturated carbocycles. The van der Waals surface area contributed by atoms with Crippen LogP contribution in [0.1, 0.15) is 30.5 Å². The van der Waals surface area contributed by atoms with Crippen LogP contribution in [-0.4, -0.2) is 47.0 Å². The summed E-state index contributed by atoms with van der Waals surface area (Å²) >= 11 is 0. The number of likely N-dealkylation sites (tertiary alicyclic amines) is 1. The Morgan fingerprint density at radius 3 is 2.88 bits per heavy atom. The van der Waals surface area contributed by atoms with Gasteiger partial charge in [0.1, 0.15) is 12.4 Å². The number of hydrogen-bond donors (Lipinski definition) is 1. The van der Waals surface area contributed by atoms with Gasteiger partial charge in [0.2, 0.25) is 5.91 Å². The van der Waals surface area contributed by atoms with Crippen molar-refractivity contribution in [2.45, 2.75) is 32.2 Å². The number of aromatic amines is 1. The smallest absolute Gasteiger partial charge is 0.226 e. The van der Waals surface area contributed by atoms with E-state index < -0.39 is 0 Å². The minimum atomic E-state index is 0.233. The maximum atomic E-state index is 12.5. The third kappa shape index (κ3) is 3.62. The van der Waals surface area contributed by atoms with E-state index >= 15 is 0 Å². The van der Waals surface area contributed by atoms with Gasteiger partial charge in [-0.05, 0) is 37.0 Å². The van der Waals surface area contributed by atoms with Crippen LogP contribution in [0.4, 0.5) is 5.69 Å². The molecule has 1 N–H and O–H groups in total. The number of carbonyl (C=O) groups excluding carboxylic acids is 1. The van der Waals surface area contributed by atoms with Gasteiger partial charge in [0, 0.05) is 19.3 Å². The number of anilines is 1. The highest BCUT2D eigenvalue weighted by Gasteiger charge is 2.21. The Labute approximate surface area is 147 Å². The summed E-state index contributed by atoms with van der Waals surface area (Å²) in [5.41, 5.74) is 3.18. The van der Waals surface area contributed by atoms with Gasteiger partial charge in [-0.15, -0.1) is 0 Å². The molecule has 0 aliphatic carbocycles. The van der Waals surface area contributed by atoms with Crippen LogP contribution in [0.3, 0.4) is 0 Å². The second-order valence-electron chi connectivity index (χ2n) is 6.77. The van der Waals surface area contributed by atoms with Crippen molar-refractivity contribution < 1.29 is 9.53 Å². The summed E-state index contributed by atoms with van der Waals surface area (Å²) in [7, 11) is 0. The van der Waals surface area contributed by atoms with Crippen molar-refractivity contribution in [1.82, 2.24) is 14.9 Å². The molecule has 1 saturated heterocycles. The number of amides is 1. The van der Waals surface area contributed by atoms with Crippen molar-refractivity contribution in [3.8, 4) is 5.75 Å². The van der Waals surface area contributed by atoms with Gasteiger partial charge in [-0.1, -0.05) is 6.07 Å². The Bertz CT molecular complexity index is 723. The molecule has 4 rings (SSSR count). The van der Waals surface area contributed by atoms with E-state index in [0.29, 0.717) is 13.0 Å². The zero-order chi connectivity index (χ0) is 17.1. The molecular formula is C19H24N4O2. The van der Waals surface area contributed by atoms with E-state index in [0.717, 1.165) is 61.7 Å². The maximum absolute atomic E-state index is 12.5. The Morgan fingerprint density at radius 2 is 2.08 bits per heavy atom. The number of H-pyrrole nitrogens is 1. The average Bonchev–Trinajstić information content (AvgIpc) is 3.16. The monoisotopic (exact) mass is 340 g/mol. The first-order chi connectivity index (χ1) is 12.3. The predicted molar refractivity (Wildman–Crippen MR) is 95.7 cm³/mol. The van der Waals surface area contributed by atoms with Crippen LogP contribution in [0.2, 0.25) is 0 Å². The van der Waals surface area contributed by atoms with E-state index in [1.807, 2.05) is 23.2 Å². The molecule has 1 aromatic heterocycles. The summed E-state index contributed by atoms with van der Waals surface area (Å²) in [4.78, 5) is 24.1.